The van der Waals surface area contributed by atoms with Crippen molar-refractivity contribution < 1.29 is 14.3 Å². The van der Waals surface area contributed by atoms with E-state index in [0.29, 0.717) is 24.7 Å². The highest BCUT2D eigenvalue weighted by molar-refractivity contribution is 6.01. The number of hydrogen-bond acceptors (Lipinski definition) is 3. The number of aryl methyl sites for hydroxylation is 1. The van der Waals surface area contributed by atoms with Crippen LogP contribution in [-0.4, -0.2) is 65.1 Å². The van der Waals surface area contributed by atoms with Gasteiger partial charge in [0.1, 0.15) is 11.5 Å². The summed E-state index contributed by atoms with van der Waals surface area (Å²) >= 11 is 0. The van der Waals surface area contributed by atoms with Crippen LogP contribution in [0.1, 0.15) is 28.9 Å². The molecule has 26 heavy (non-hydrogen) atoms. The number of benzene rings is 1. The molecule has 0 radical (unpaired) electrons. The third-order valence-corrected chi connectivity index (χ3v) is 6.02. The predicted octanol–water partition coefficient (Wildman–Crippen LogP) is 2.39. The number of fused-ring (bicyclic) bond motifs is 1. The van der Waals surface area contributed by atoms with E-state index in [2.05, 4.69) is 9.88 Å². The van der Waals surface area contributed by atoms with Gasteiger partial charge >= 0.3 is 0 Å². The summed E-state index contributed by atoms with van der Waals surface area (Å²) in [4.78, 5) is 20.5. The summed E-state index contributed by atoms with van der Waals surface area (Å²) < 4.78 is 13.5. The van der Waals surface area contributed by atoms with Crippen molar-refractivity contribution >= 4 is 16.8 Å². The van der Waals surface area contributed by atoms with Gasteiger partial charge in [-0.25, -0.2) is 4.39 Å². The first-order valence-electron chi connectivity index (χ1n) is 9.47. The number of aliphatic hydroxyl groups excluding tert-OH is 1. The topological polar surface area (TPSA) is 59.6 Å². The molecule has 2 fully saturated rings. The van der Waals surface area contributed by atoms with E-state index in [9.17, 15) is 14.3 Å². The Morgan fingerprint density at radius 2 is 2.00 bits per heavy atom. The number of aliphatic hydroxyl groups is 1. The molecule has 5 nitrogen and oxygen atoms in total. The van der Waals surface area contributed by atoms with Crippen LogP contribution in [0.2, 0.25) is 0 Å². The van der Waals surface area contributed by atoms with Crippen LogP contribution in [0, 0.1) is 24.6 Å². The molecule has 2 aliphatic rings. The van der Waals surface area contributed by atoms with E-state index in [1.165, 1.54) is 25.0 Å². The number of rotatable bonds is 4. The predicted molar refractivity (Wildman–Crippen MR) is 98.6 cm³/mol. The molecule has 1 aromatic heterocycles. The summed E-state index contributed by atoms with van der Waals surface area (Å²) in [7, 11) is 0. The Morgan fingerprint density at radius 3 is 2.73 bits per heavy atom. The zero-order chi connectivity index (χ0) is 18.3. The van der Waals surface area contributed by atoms with E-state index < -0.39 is 0 Å². The summed E-state index contributed by atoms with van der Waals surface area (Å²) in [6.45, 7) is 6.41. The maximum absolute atomic E-state index is 13.5. The lowest BCUT2D eigenvalue weighted by atomic mass is 9.96. The minimum absolute atomic E-state index is 0.0542. The largest absolute Gasteiger partial charge is 0.396 e. The number of carbonyl (C=O) groups is 1. The van der Waals surface area contributed by atoms with Crippen molar-refractivity contribution in [3.63, 3.8) is 0 Å². The fraction of sp³-hybridized carbons (Fsp3) is 0.550. The van der Waals surface area contributed by atoms with Gasteiger partial charge in [0.2, 0.25) is 0 Å². The van der Waals surface area contributed by atoms with Crippen molar-refractivity contribution in [1.82, 2.24) is 14.8 Å². The molecular weight excluding hydrogens is 333 g/mol. The first-order valence-corrected chi connectivity index (χ1v) is 9.47. The van der Waals surface area contributed by atoms with Gasteiger partial charge in [0.25, 0.3) is 5.91 Å². The van der Waals surface area contributed by atoms with E-state index >= 15 is 0 Å². The number of hydrogen-bond donors (Lipinski definition) is 2. The number of halogens is 1. The minimum Gasteiger partial charge on any atom is -0.396 e. The van der Waals surface area contributed by atoms with E-state index in [4.69, 9.17) is 0 Å². The van der Waals surface area contributed by atoms with Crippen molar-refractivity contribution in [2.75, 3.05) is 39.3 Å². The van der Waals surface area contributed by atoms with Crippen LogP contribution in [0.15, 0.2) is 18.2 Å². The molecule has 2 N–H and O–H groups in total. The first kappa shape index (κ1) is 17.5. The fourth-order valence-corrected chi connectivity index (χ4v) is 4.49. The number of carbonyl (C=O) groups excluding carboxylic acids is 1. The molecule has 2 saturated heterocycles. The number of H-pyrrole nitrogens is 1. The average molecular weight is 359 g/mol. The SMILES string of the molecule is Cc1c(C(=O)N2C[C@@H](CN3CCCC3)[C@@H](CO)C2)[nH]c2ccc(F)cc12. The van der Waals surface area contributed by atoms with Gasteiger partial charge in [0.15, 0.2) is 0 Å². The second kappa shape index (κ2) is 7.00. The molecule has 6 heteroatoms. The van der Waals surface area contributed by atoms with Gasteiger partial charge in [-0.05, 0) is 62.5 Å². The molecule has 4 rings (SSSR count). The Kier molecular flexibility index (Phi) is 4.71. The minimum atomic E-state index is -0.300. The van der Waals surface area contributed by atoms with Gasteiger partial charge in [0, 0.05) is 43.1 Å². The summed E-state index contributed by atoms with van der Waals surface area (Å²) in [6, 6.07) is 4.54. The molecule has 140 valence electrons. The molecule has 1 aromatic carbocycles. The fourth-order valence-electron chi connectivity index (χ4n) is 4.49. The van der Waals surface area contributed by atoms with Gasteiger partial charge in [-0.15, -0.1) is 0 Å². The van der Waals surface area contributed by atoms with Gasteiger partial charge < -0.3 is 19.9 Å². The van der Waals surface area contributed by atoms with Crippen LogP contribution in [-0.2, 0) is 0 Å². The van der Waals surface area contributed by atoms with Crippen LogP contribution in [0.25, 0.3) is 10.9 Å². The van der Waals surface area contributed by atoms with E-state index in [-0.39, 0.29) is 24.2 Å². The highest BCUT2D eigenvalue weighted by Crippen LogP contribution is 2.29. The van der Waals surface area contributed by atoms with E-state index in [0.717, 1.165) is 36.1 Å². The summed E-state index contributed by atoms with van der Waals surface area (Å²) in [5.74, 6) is 0.0816. The van der Waals surface area contributed by atoms with Crippen molar-refractivity contribution in [3.05, 3.63) is 35.3 Å². The van der Waals surface area contributed by atoms with E-state index in [1.54, 1.807) is 6.07 Å². The number of amides is 1. The van der Waals surface area contributed by atoms with Gasteiger partial charge in [-0.1, -0.05) is 0 Å². The number of likely N-dealkylation sites (tertiary alicyclic amines) is 2. The number of aromatic nitrogens is 1. The number of nitrogens with one attached hydrogen (secondary N) is 1. The summed E-state index contributed by atoms with van der Waals surface area (Å²) in [5, 5.41) is 10.5. The normalized spacial score (nSPS) is 24.0. The maximum atomic E-state index is 13.5. The van der Waals surface area contributed by atoms with Gasteiger partial charge in [-0.3, -0.25) is 4.79 Å². The quantitative estimate of drug-likeness (QED) is 0.881. The molecule has 2 aliphatic heterocycles. The molecule has 2 aromatic rings. The Hall–Kier alpha value is -1.92. The first-order chi connectivity index (χ1) is 12.6. The average Bonchev–Trinajstić information content (AvgIpc) is 3.35. The highest BCUT2D eigenvalue weighted by atomic mass is 19.1. The molecule has 0 bridgehead atoms. The molecule has 0 aliphatic carbocycles. The number of nitrogens with zero attached hydrogens (tertiary/aromatic N) is 2. The lowest BCUT2D eigenvalue weighted by molar-refractivity contribution is 0.0773. The Labute approximate surface area is 152 Å². The lowest BCUT2D eigenvalue weighted by Crippen LogP contribution is -2.33. The van der Waals surface area contributed by atoms with Crippen molar-refractivity contribution in [2.45, 2.75) is 19.8 Å². The van der Waals surface area contributed by atoms with Crippen molar-refractivity contribution in [3.8, 4) is 0 Å². The monoisotopic (exact) mass is 359 g/mol. The summed E-state index contributed by atoms with van der Waals surface area (Å²) in [5.41, 5.74) is 2.09. The molecule has 0 unspecified atom stereocenters. The number of aromatic amines is 1. The van der Waals surface area contributed by atoms with Crippen LogP contribution in [0.4, 0.5) is 4.39 Å². The molecular formula is C20H26FN3O2. The third kappa shape index (κ3) is 3.12. The Morgan fingerprint density at radius 1 is 1.27 bits per heavy atom. The second-order valence-electron chi connectivity index (χ2n) is 7.74. The van der Waals surface area contributed by atoms with Crippen molar-refractivity contribution in [1.29, 1.82) is 0 Å². The van der Waals surface area contributed by atoms with Crippen molar-refractivity contribution in [2.24, 2.45) is 11.8 Å². The Balaban J connectivity index is 1.53. The Bertz CT molecular complexity index is 813. The smallest absolute Gasteiger partial charge is 0.270 e. The van der Waals surface area contributed by atoms with Crippen LogP contribution >= 0.6 is 0 Å². The zero-order valence-corrected chi connectivity index (χ0v) is 15.2. The molecule has 2 atom stereocenters. The zero-order valence-electron chi connectivity index (χ0n) is 15.2. The highest BCUT2D eigenvalue weighted by Gasteiger charge is 2.37. The second-order valence-corrected chi connectivity index (χ2v) is 7.74. The molecule has 3 heterocycles. The standard InChI is InChI=1S/C20H26FN3O2/c1-13-17-8-16(21)4-5-18(17)22-19(13)20(26)24-10-14(15(11-24)12-25)9-23-6-2-3-7-23/h4-5,8,14-15,22,25H,2-3,6-7,9-12H2,1H3/t14-,15-/m1/s1. The van der Waals surface area contributed by atoms with Crippen LogP contribution in [0.3, 0.4) is 0 Å². The maximum Gasteiger partial charge on any atom is 0.270 e. The molecule has 0 spiro atoms. The van der Waals surface area contributed by atoms with Crippen LogP contribution in [0.5, 0.6) is 0 Å². The van der Waals surface area contributed by atoms with Crippen LogP contribution < -0.4 is 0 Å². The lowest BCUT2D eigenvalue weighted by Gasteiger charge is -2.22. The molecule has 1 amide bonds. The summed E-state index contributed by atoms with van der Waals surface area (Å²) in [6.07, 6.45) is 2.48. The molecule has 0 saturated carbocycles. The van der Waals surface area contributed by atoms with Gasteiger partial charge in [0.05, 0.1) is 0 Å². The van der Waals surface area contributed by atoms with Gasteiger partial charge in [-0.2, -0.15) is 0 Å². The van der Waals surface area contributed by atoms with E-state index in [1.807, 2.05) is 11.8 Å². The third-order valence-electron chi connectivity index (χ3n) is 6.02.